The molecule has 166 valence electrons. The van der Waals surface area contributed by atoms with Crippen LogP contribution in [0.1, 0.15) is 21.6 Å². The minimum Gasteiger partial charge on any atom is -0.355 e. The molecular weight excluding hydrogens is 427 g/mol. The van der Waals surface area contributed by atoms with Gasteiger partial charge in [-0.1, -0.05) is 54.6 Å². The number of aromatic amines is 1. The van der Waals surface area contributed by atoms with E-state index < -0.39 is 5.82 Å². The largest absolute Gasteiger partial charge is 0.355 e. The van der Waals surface area contributed by atoms with Crippen molar-refractivity contribution in [2.75, 3.05) is 10.6 Å². The highest BCUT2D eigenvalue weighted by atomic mass is 19.1. The van der Waals surface area contributed by atoms with Gasteiger partial charge in [0, 0.05) is 22.3 Å². The monoisotopic (exact) mass is 448 g/mol. The van der Waals surface area contributed by atoms with Crippen molar-refractivity contribution in [3.8, 4) is 0 Å². The minimum atomic E-state index is -0.506. The molecule has 3 N–H and O–H groups in total. The zero-order valence-electron chi connectivity index (χ0n) is 18.1. The Morgan fingerprint density at radius 2 is 1.53 bits per heavy atom. The van der Waals surface area contributed by atoms with Gasteiger partial charge in [-0.25, -0.2) is 4.39 Å². The summed E-state index contributed by atoms with van der Waals surface area (Å²) in [5, 5.41) is 14.4. The van der Waals surface area contributed by atoms with Gasteiger partial charge in [0.1, 0.15) is 5.82 Å². The third kappa shape index (κ3) is 4.71. The summed E-state index contributed by atoms with van der Waals surface area (Å²) in [5.74, 6) is -0.875. The van der Waals surface area contributed by atoms with Crippen molar-refractivity contribution in [2.45, 2.75) is 0 Å². The number of hydrogen-bond acceptors (Lipinski definition) is 3. The third-order valence-electron chi connectivity index (χ3n) is 5.36. The van der Waals surface area contributed by atoms with Crippen LogP contribution in [0.25, 0.3) is 23.1 Å². The van der Waals surface area contributed by atoms with Gasteiger partial charge in [0.05, 0.1) is 16.9 Å². The number of halogens is 1. The maximum Gasteiger partial charge on any atom is 0.255 e. The van der Waals surface area contributed by atoms with Crippen LogP contribution in [0.5, 0.6) is 0 Å². The molecule has 0 spiro atoms. The molecule has 0 saturated carbocycles. The molecule has 0 saturated heterocycles. The lowest BCUT2D eigenvalue weighted by Crippen LogP contribution is -2.13. The lowest BCUT2D eigenvalue weighted by molar-refractivity contribution is 0.102. The Kier molecular flexibility index (Phi) is 5.86. The van der Waals surface area contributed by atoms with Gasteiger partial charge in [-0.2, -0.15) is 5.10 Å². The van der Waals surface area contributed by atoms with Crippen LogP contribution < -0.4 is 10.6 Å². The average molecular weight is 449 g/mol. The zero-order chi connectivity index (χ0) is 23.3. The number of hydrogen-bond donors (Lipinski definition) is 3. The second-order valence-electron chi connectivity index (χ2n) is 7.75. The van der Waals surface area contributed by atoms with Crippen molar-refractivity contribution in [1.29, 1.82) is 0 Å². The van der Waals surface area contributed by atoms with Crippen LogP contribution in [0.2, 0.25) is 0 Å². The van der Waals surface area contributed by atoms with E-state index in [0.717, 1.165) is 27.8 Å². The fraction of sp³-hybridized carbons (Fsp3) is 0. The summed E-state index contributed by atoms with van der Waals surface area (Å²) in [4.78, 5) is 12.4. The van der Waals surface area contributed by atoms with Crippen LogP contribution in [0.3, 0.4) is 0 Å². The van der Waals surface area contributed by atoms with E-state index in [-0.39, 0.29) is 11.6 Å². The molecule has 0 radical (unpaired) electrons. The normalized spacial score (nSPS) is 11.1. The first-order valence-electron chi connectivity index (χ1n) is 10.8. The van der Waals surface area contributed by atoms with Crippen molar-refractivity contribution in [1.82, 2.24) is 10.2 Å². The van der Waals surface area contributed by atoms with Crippen molar-refractivity contribution < 1.29 is 9.18 Å². The maximum atomic E-state index is 14.3. The lowest BCUT2D eigenvalue weighted by Gasteiger charge is -2.11. The van der Waals surface area contributed by atoms with E-state index in [9.17, 15) is 9.18 Å². The number of nitrogens with one attached hydrogen (secondary N) is 3. The van der Waals surface area contributed by atoms with E-state index in [1.54, 1.807) is 36.4 Å². The van der Waals surface area contributed by atoms with Crippen LogP contribution >= 0.6 is 0 Å². The third-order valence-corrected chi connectivity index (χ3v) is 5.36. The first-order valence-corrected chi connectivity index (χ1v) is 10.8. The molecule has 0 aliphatic heterocycles. The summed E-state index contributed by atoms with van der Waals surface area (Å²) < 4.78 is 14.3. The van der Waals surface area contributed by atoms with Crippen molar-refractivity contribution in [3.05, 3.63) is 120 Å². The number of nitrogens with zero attached hydrogens (tertiary/aromatic N) is 1. The Bertz CT molecular complexity index is 1480. The molecule has 1 amide bonds. The van der Waals surface area contributed by atoms with Crippen molar-refractivity contribution in [3.63, 3.8) is 0 Å². The first-order chi connectivity index (χ1) is 16.7. The fourth-order valence-electron chi connectivity index (χ4n) is 3.63. The van der Waals surface area contributed by atoms with Crippen LogP contribution in [0.15, 0.2) is 97.1 Å². The standard InChI is InChI=1S/C28H21FN4O/c29-24-15-13-22(18-27(24)31-28(34)20-9-5-2-6-10-20)30-21-12-14-23-25(32-33-26(23)17-21)16-11-19-7-3-1-4-8-19/h1-18,30H,(H,31,34)(H,32,33)/b16-11+. The van der Waals surface area contributed by atoms with Gasteiger partial charge in [-0.3, -0.25) is 9.89 Å². The number of carbonyl (C=O) groups excluding carboxylic acids is 1. The highest BCUT2D eigenvalue weighted by molar-refractivity contribution is 6.04. The molecule has 0 fully saturated rings. The molecule has 0 atom stereocenters. The number of aromatic nitrogens is 2. The van der Waals surface area contributed by atoms with E-state index in [2.05, 4.69) is 20.8 Å². The second-order valence-corrected chi connectivity index (χ2v) is 7.75. The molecule has 1 heterocycles. The highest BCUT2D eigenvalue weighted by Gasteiger charge is 2.11. The summed E-state index contributed by atoms with van der Waals surface area (Å²) in [7, 11) is 0. The summed E-state index contributed by atoms with van der Waals surface area (Å²) in [6, 6.07) is 29.1. The molecule has 1 aromatic heterocycles. The Morgan fingerprint density at radius 3 is 2.32 bits per heavy atom. The number of amides is 1. The Morgan fingerprint density at radius 1 is 0.824 bits per heavy atom. The highest BCUT2D eigenvalue weighted by Crippen LogP contribution is 2.27. The zero-order valence-corrected chi connectivity index (χ0v) is 18.1. The van der Waals surface area contributed by atoms with E-state index in [0.29, 0.717) is 11.3 Å². The number of fused-ring (bicyclic) bond motifs is 1. The summed E-state index contributed by atoms with van der Waals surface area (Å²) in [5.41, 5.74) is 4.84. The lowest BCUT2D eigenvalue weighted by atomic mass is 10.1. The van der Waals surface area contributed by atoms with Gasteiger partial charge in [0.2, 0.25) is 0 Å². The molecule has 5 nitrogen and oxygen atoms in total. The van der Waals surface area contributed by atoms with Crippen LogP contribution in [-0.2, 0) is 0 Å². The Labute approximate surface area is 196 Å². The van der Waals surface area contributed by atoms with Gasteiger partial charge in [0.15, 0.2) is 0 Å². The summed E-state index contributed by atoms with van der Waals surface area (Å²) in [6.07, 6.45) is 3.99. The summed E-state index contributed by atoms with van der Waals surface area (Å²) >= 11 is 0. The molecule has 5 aromatic rings. The molecule has 34 heavy (non-hydrogen) atoms. The van der Waals surface area contributed by atoms with Crippen molar-refractivity contribution >= 4 is 46.0 Å². The second kappa shape index (κ2) is 9.42. The number of anilines is 3. The Balaban J connectivity index is 1.33. The predicted octanol–water partition coefficient (Wildman–Crippen LogP) is 6.87. The summed E-state index contributed by atoms with van der Waals surface area (Å²) in [6.45, 7) is 0. The molecular formula is C28H21FN4O. The predicted molar refractivity (Wildman–Crippen MR) is 136 cm³/mol. The quantitative estimate of drug-likeness (QED) is 0.265. The molecule has 6 heteroatoms. The smallest absolute Gasteiger partial charge is 0.255 e. The van der Waals surface area contributed by atoms with E-state index >= 15 is 0 Å². The van der Waals surface area contributed by atoms with Gasteiger partial charge in [-0.15, -0.1) is 0 Å². The van der Waals surface area contributed by atoms with E-state index in [1.165, 1.54) is 6.07 Å². The van der Waals surface area contributed by atoms with Crippen LogP contribution in [-0.4, -0.2) is 16.1 Å². The van der Waals surface area contributed by atoms with Crippen LogP contribution in [0, 0.1) is 5.82 Å². The van der Waals surface area contributed by atoms with Gasteiger partial charge in [-0.05, 0) is 60.2 Å². The maximum absolute atomic E-state index is 14.3. The minimum absolute atomic E-state index is 0.106. The number of rotatable bonds is 6. The van der Waals surface area contributed by atoms with Gasteiger partial charge in [0.25, 0.3) is 5.91 Å². The van der Waals surface area contributed by atoms with Gasteiger partial charge < -0.3 is 10.6 Å². The molecule has 4 aromatic carbocycles. The van der Waals surface area contributed by atoms with E-state index in [4.69, 9.17) is 0 Å². The van der Waals surface area contributed by atoms with Crippen molar-refractivity contribution in [2.24, 2.45) is 0 Å². The SMILES string of the molecule is O=C(Nc1cc(Nc2ccc3c(/C=C/c4ccccc4)n[nH]c3c2)ccc1F)c1ccccc1. The van der Waals surface area contributed by atoms with Gasteiger partial charge >= 0.3 is 0 Å². The first kappa shape index (κ1) is 21.2. The molecule has 0 bridgehead atoms. The molecule has 0 unspecified atom stereocenters. The fourth-order valence-corrected chi connectivity index (χ4v) is 3.63. The van der Waals surface area contributed by atoms with Crippen LogP contribution in [0.4, 0.5) is 21.5 Å². The topological polar surface area (TPSA) is 69.8 Å². The molecule has 0 aliphatic rings. The molecule has 5 rings (SSSR count). The van der Waals surface area contributed by atoms with E-state index in [1.807, 2.05) is 66.7 Å². The average Bonchev–Trinajstić information content (AvgIpc) is 3.28. The number of carbonyl (C=O) groups is 1. The number of benzene rings is 4. The number of H-pyrrole nitrogens is 1. The molecule has 0 aliphatic carbocycles. The Hall–Kier alpha value is -4.71.